The lowest BCUT2D eigenvalue weighted by atomic mass is 10.2. The van der Waals surface area contributed by atoms with Gasteiger partial charge in [-0.1, -0.05) is 31.2 Å². The first kappa shape index (κ1) is 9.78. The van der Waals surface area contributed by atoms with Crippen LogP contribution in [-0.4, -0.2) is 19.1 Å². The lowest BCUT2D eigenvalue weighted by molar-refractivity contribution is 0.895. The molecule has 0 aromatic carbocycles. The van der Waals surface area contributed by atoms with Gasteiger partial charge in [0.1, 0.15) is 0 Å². The van der Waals surface area contributed by atoms with E-state index in [1.807, 2.05) is 0 Å². The lowest BCUT2D eigenvalue weighted by Crippen LogP contribution is -2.08. The molecule has 1 aliphatic rings. The van der Waals surface area contributed by atoms with Crippen molar-refractivity contribution in [2.75, 3.05) is 0 Å². The Kier molecular flexibility index (Phi) is 3.33. The van der Waals surface area contributed by atoms with Crippen molar-refractivity contribution in [3.63, 3.8) is 0 Å². The molecule has 0 amide bonds. The molecule has 1 aliphatic carbocycles. The predicted octanol–water partition coefficient (Wildman–Crippen LogP) is 2.45. The van der Waals surface area contributed by atoms with Crippen LogP contribution in [0.5, 0.6) is 0 Å². The predicted molar refractivity (Wildman–Crippen MR) is 59.3 cm³/mol. The van der Waals surface area contributed by atoms with E-state index in [1.54, 1.807) is 10.3 Å². The smallest absolute Gasteiger partial charge is 0.0241 e. The van der Waals surface area contributed by atoms with Crippen LogP contribution in [0, 0.1) is 5.92 Å². The van der Waals surface area contributed by atoms with E-state index in [0.29, 0.717) is 0 Å². The zero-order valence-electron chi connectivity index (χ0n) is 8.41. The van der Waals surface area contributed by atoms with Gasteiger partial charge in [0.2, 0.25) is 0 Å². The quantitative estimate of drug-likeness (QED) is 0.541. The monoisotopic (exact) mass is 178 g/mol. The molecule has 1 fully saturated rings. The molecular formula is C11H18Si. The van der Waals surface area contributed by atoms with Crippen molar-refractivity contribution in [3.8, 4) is 0 Å². The SMILES string of the molecule is C=C1CCCC1=[Si]=C(C)C(C)C. The molecule has 0 aromatic rings. The second-order valence-corrected chi connectivity index (χ2v) is 5.54. The first-order chi connectivity index (χ1) is 5.61. The van der Waals surface area contributed by atoms with Crippen molar-refractivity contribution in [2.24, 2.45) is 5.92 Å². The lowest BCUT2D eigenvalue weighted by Gasteiger charge is -2.01. The molecule has 0 nitrogen and oxygen atoms in total. The summed E-state index contributed by atoms with van der Waals surface area (Å²) in [6, 6.07) is 0. The van der Waals surface area contributed by atoms with Gasteiger partial charge in [-0.2, -0.15) is 0 Å². The minimum atomic E-state index is 0.740. The fraction of sp³-hybridized carbons (Fsp3) is 0.636. The molecule has 1 saturated carbocycles. The standard InChI is InChI=1S/C11H18Si/c1-8(2)10(4)12-11-7-5-6-9(11)3/h8H,3,5-7H2,1-2,4H3. The van der Waals surface area contributed by atoms with Gasteiger partial charge in [0.15, 0.2) is 0 Å². The fourth-order valence-corrected chi connectivity index (χ4v) is 2.71. The second-order valence-electron chi connectivity index (χ2n) is 3.90. The Balaban J connectivity index is 2.92. The minimum Gasteiger partial charge on any atom is -0.0954 e. The number of hydrogen-bond acceptors (Lipinski definition) is 0. The topological polar surface area (TPSA) is 0 Å². The largest absolute Gasteiger partial charge is 0.0954 e. The molecule has 0 heterocycles. The van der Waals surface area contributed by atoms with Crippen LogP contribution in [0.15, 0.2) is 12.2 Å². The van der Waals surface area contributed by atoms with Gasteiger partial charge >= 0.3 is 0 Å². The Morgan fingerprint density at radius 2 is 2.08 bits per heavy atom. The Labute approximate surface area is 77.7 Å². The summed E-state index contributed by atoms with van der Waals surface area (Å²) >= 11 is 0. The van der Waals surface area contributed by atoms with Gasteiger partial charge in [0, 0.05) is 0 Å². The number of rotatable bonds is 1. The van der Waals surface area contributed by atoms with Gasteiger partial charge in [0.25, 0.3) is 0 Å². The van der Waals surface area contributed by atoms with E-state index in [2.05, 4.69) is 27.4 Å². The van der Waals surface area contributed by atoms with E-state index in [1.165, 1.54) is 24.8 Å². The average Bonchev–Trinajstić information content (AvgIpc) is 2.36. The molecule has 0 radical (unpaired) electrons. The number of hydrogen-bond donors (Lipinski definition) is 0. The van der Waals surface area contributed by atoms with Crippen molar-refractivity contribution < 1.29 is 0 Å². The Morgan fingerprint density at radius 3 is 2.50 bits per heavy atom. The Hall–Kier alpha value is -0.303. The summed E-state index contributed by atoms with van der Waals surface area (Å²) in [6.45, 7) is 10.9. The molecule has 0 atom stereocenters. The van der Waals surface area contributed by atoms with Gasteiger partial charge in [-0.15, -0.1) is 0 Å². The van der Waals surface area contributed by atoms with E-state index < -0.39 is 0 Å². The zero-order valence-corrected chi connectivity index (χ0v) is 9.41. The molecule has 0 N–H and O–H groups in total. The van der Waals surface area contributed by atoms with Crippen LogP contribution in [0.2, 0.25) is 0 Å². The van der Waals surface area contributed by atoms with Crippen molar-refractivity contribution in [3.05, 3.63) is 12.2 Å². The average molecular weight is 178 g/mol. The summed E-state index contributed by atoms with van der Waals surface area (Å²) < 4.78 is 0. The third kappa shape index (κ3) is 2.34. The van der Waals surface area contributed by atoms with Crippen molar-refractivity contribution in [2.45, 2.75) is 40.0 Å². The van der Waals surface area contributed by atoms with Crippen LogP contribution >= 0.6 is 0 Å². The summed E-state index contributed by atoms with van der Waals surface area (Å²) in [5.41, 5.74) is 1.42. The van der Waals surface area contributed by atoms with E-state index in [-0.39, 0.29) is 0 Å². The van der Waals surface area contributed by atoms with Crippen LogP contribution in [0.1, 0.15) is 40.0 Å². The first-order valence-electron chi connectivity index (χ1n) is 4.75. The van der Waals surface area contributed by atoms with E-state index in [4.69, 9.17) is 0 Å². The molecule has 0 unspecified atom stereocenters. The Morgan fingerprint density at radius 1 is 1.42 bits per heavy atom. The fourth-order valence-electron chi connectivity index (χ4n) is 1.34. The first-order valence-corrected chi connectivity index (χ1v) is 5.75. The van der Waals surface area contributed by atoms with Gasteiger partial charge in [0.05, 0.1) is 0 Å². The maximum absolute atomic E-state index is 4.10. The highest BCUT2D eigenvalue weighted by molar-refractivity contribution is 6.67. The normalized spacial score (nSPS) is 17.0. The molecule has 1 heteroatoms. The molecule has 0 bridgehead atoms. The van der Waals surface area contributed by atoms with Crippen molar-refractivity contribution in [1.29, 1.82) is 0 Å². The molecule has 0 aromatic heterocycles. The zero-order chi connectivity index (χ0) is 9.14. The van der Waals surface area contributed by atoms with Crippen molar-refractivity contribution >= 4 is 19.1 Å². The second kappa shape index (κ2) is 4.08. The minimum absolute atomic E-state index is 0.740. The molecule has 0 aliphatic heterocycles. The molecule has 0 spiro atoms. The molecule has 66 valence electrons. The summed E-state index contributed by atoms with van der Waals surface area (Å²) in [7, 11) is 0.954. The highest BCUT2D eigenvalue weighted by Gasteiger charge is 2.09. The van der Waals surface area contributed by atoms with E-state index in [0.717, 1.165) is 14.7 Å². The van der Waals surface area contributed by atoms with Gasteiger partial charge < -0.3 is 0 Å². The van der Waals surface area contributed by atoms with Gasteiger partial charge in [-0.3, -0.25) is 0 Å². The third-order valence-corrected chi connectivity index (χ3v) is 4.42. The summed E-state index contributed by atoms with van der Waals surface area (Å²) in [5, 5.41) is 3.27. The highest BCUT2D eigenvalue weighted by atomic mass is 28.1. The Bertz CT molecular complexity index is 252. The summed E-state index contributed by atoms with van der Waals surface area (Å²) in [4.78, 5) is 0. The maximum Gasteiger partial charge on any atom is -0.0241 e. The molecular weight excluding hydrogens is 160 g/mol. The molecule has 1 rings (SSSR count). The van der Waals surface area contributed by atoms with Crippen molar-refractivity contribution in [1.82, 2.24) is 0 Å². The van der Waals surface area contributed by atoms with Gasteiger partial charge in [-0.05, 0) is 46.0 Å². The van der Waals surface area contributed by atoms with E-state index in [9.17, 15) is 0 Å². The molecule has 12 heavy (non-hydrogen) atoms. The number of allylic oxidation sites excluding steroid dienone is 1. The molecule has 0 saturated heterocycles. The van der Waals surface area contributed by atoms with Crippen LogP contribution in [0.4, 0.5) is 0 Å². The summed E-state index contributed by atoms with van der Waals surface area (Å²) in [6.07, 6.45) is 3.89. The third-order valence-electron chi connectivity index (χ3n) is 2.55. The van der Waals surface area contributed by atoms with Gasteiger partial charge in [-0.25, -0.2) is 0 Å². The van der Waals surface area contributed by atoms with Crippen LogP contribution < -0.4 is 0 Å². The van der Waals surface area contributed by atoms with E-state index >= 15 is 0 Å². The highest BCUT2D eigenvalue weighted by Crippen LogP contribution is 2.17. The van der Waals surface area contributed by atoms with Crippen LogP contribution in [-0.2, 0) is 0 Å². The van der Waals surface area contributed by atoms with Crippen LogP contribution in [0.25, 0.3) is 0 Å². The van der Waals surface area contributed by atoms with Crippen LogP contribution in [0.3, 0.4) is 0 Å². The maximum atomic E-state index is 4.10. The summed E-state index contributed by atoms with van der Waals surface area (Å²) in [5.74, 6) is 0.740.